The van der Waals surface area contributed by atoms with Gasteiger partial charge in [0.25, 0.3) is 0 Å². The summed E-state index contributed by atoms with van der Waals surface area (Å²) in [5.41, 5.74) is -0.750. The van der Waals surface area contributed by atoms with Crippen LogP contribution in [0.25, 0.3) is 0 Å². The molecule has 1 aliphatic rings. The highest BCUT2D eigenvalue weighted by Crippen LogP contribution is 2.30. The highest BCUT2D eigenvalue weighted by molar-refractivity contribution is 6.16. The molecule has 0 aromatic rings. The first-order valence-corrected chi connectivity index (χ1v) is 1.72. The minimum absolute atomic E-state index is 0.750. The van der Waals surface area contributed by atoms with Gasteiger partial charge in [-0.2, -0.15) is 0 Å². The fourth-order valence-electron chi connectivity index (χ4n) is 0.128. The van der Waals surface area contributed by atoms with Gasteiger partial charge in [-0.1, -0.05) is 0 Å². The summed E-state index contributed by atoms with van der Waals surface area (Å²) in [6.45, 7) is 0. The molecular weight excluding hydrogens is 62.8 g/mol. The normalized spacial score (nSPS) is 29.8. The molecule has 0 spiro atoms. The number of aliphatic hydroxyl groups is 1. The van der Waals surface area contributed by atoms with Crippen LogP contribution >= 0.6 is 0 Å². The Morgan fingerprint density at radius 1 is 1.60 bits per heavy atom. The predicted octanol–water partition coefficient (Wildman–Crippen LogP) is -0.363. The van der Waals surface area contributed by atoms with Crippen molar-refractivity contribution in [2.45, 2.75) is 18.3 Å². The summed E-state index contributed by atoms with van der Waals surface area (Å²) >= 11 is 0. The van der Waals surface area contributed by atoms with Gasteiger partial charge in [-0.05, 0) is 12.8 Å². The molecule has 0 bridgehead atoms. The summed E-state index contributed by atoms with van der Waals surface area (Å²) in [6.07, 6.45) is 1.57. The molecule has 26 valence electrons. The van der Waals surface area contributed by atoms with Gasteiger partial charge in [-0.25, -0.2) is 0 Å². The smallest absolute Gasteiger partial charge is 0.113 e. The standard InChI is InChI=1S/C3H5BO/c4-3(5)1-2-3/h5H,1-2H2. The first-order valence-electron chi connectivity index (χ1n) is 1.72. The van der Waals surface area contributed by atoms with Gasteiger partial charge in [0.1, 0.15) is 7.85 Å². The molecule has 1 N–H and O–H groups in total. The van der Waals surface area contributed by atoms with E-state index in [1.807, 2.05) is 0 Å². The van der Waals surface area contributed by atoms with E-state index < -0.39 is 5.50 Å². The van der Waals surface area contributed by atoms with Gasteiger partial charge in [-0.3, -0.25) is 0 Å². The van der Waals surface area contributed by atoms with Crippen molar-refractivity contribution in [3.63, 3.8) is 0 Å². The molecule has 1 nitrogen and oxygen atoms in total. The first kappa shape index (κ1) is 3.22. The van der Waals surface area contributed by atoms with Gasteiger partial charge in [0, 0.05) is 5.50 Å². The van der Waals surface area contributed by atoms with Crippen LogP contribution in [0.5, 0.6) is 0 Å². The van der Waals surface area contributed by atoms with Crippen molar-refractivity contribution in [3.8, 4) is 0 Å². The Hall–Kier alpha value is 0.0249. The van der Waals surface area contributed by atoms with Crippen molar-refractivity contribution in [1.29, 1.82) is 0 Å². The predicted molar refractivity (Wildman–Crippen MR) is 19.9 cm³/mol. The molecule has 1 rings (SSSR count). The Bertz CT molecular complexity index is 44.9. The lowest BCUT2D eigenvalue weighted by atomic mass is 9.98. The lowest BCUT2D eigenvalue weighted by Gasteiger charge is -1.87. The Morgan fingerprint density at radius 3 is 1.80 bits per heavy atom. The second-order valence-electron chi connectivity index (χ2n) is 1.60. The van der Waals surface area contributed by atoms with Crippen molar-refractivity contribution >= 4 is 7.85 Å². The zero-order valence-electron chi connectivity index (χ0n) is 2.94. The minimum Gasteiger partial charge on any atom is -0.400 e. The molecule has 0 saturated heterocycles. The third-order valence-electron chi connectivity index (χ3n) is 0.762. The van der Waals surface area contributed by atoms with Crippen molar-refractivity contribution in [1.82, 2.24) is 0 Å². The largest absolute Gasteiger partial charge is 0.400 e. The quantitative estimate of drug-likeness (QED) is 0.384. The second kappa shape index (κ2) is 0.572. The van der Waals surface area contributed by atoms with Gasteiger partial charge < -0.3 is 5.11 Å². The van der Waals surface area contributed by atoms with E-state index in [4.69, 9.17) is 13.0 Å². The molecule has 1 aliphatic carbocycles. The van der Waals surface area contributed by atoms with E-state index in [1.165, 1.54) is 0 Å². The molecule has 2 radical (unpaired) electrons. The van der Waals surface area contributed by atoms with Crippen molar-refractivity contribution < 1.29 is 5.11 Å². The van der Waals surface area contributed by atoms with E-state index in [0.29, 0.717) is 0 Å². The number of rotatable bonds is 0. The summed E-state index contributed by atoms with van der Waals surface area (Å²) in [5.74, 6) is 0. The van der Waals surface area contributed by atoms with Gasteiger partial charge in [0.05, 0.1) is 0 Å². The lowest BCUT2D eigenvalue weighted by molar-refractivity contribution is 0.237. The van der Waals surface area contributed by atoms with Crippen LogP contribution in [0.2, 0.25) is 0 Å². The maximum Gasteiger partial charge on any atom is 0.113 e. The Kier molecular flexibility index (Phi) is 0.369. The topological polar surface area (TPSA) is 20.2 Å². The van der Waals surface area contributed by atoms with Gasteiger partial charge in [-0.15, -0.1) is 0 Å². The molecule has 5 heavy (non-hydrogen) atoms. The summed E-state index contributed by atoms with van der Waals surface area (Å²) in [7, 11) is 5.02. The number of hydrogen-bond acceptors (Lipinski definition) is 1. The van der Waals surface area contributed by atoms with Crippen LogP contribution in [0, 0.1) is 0 Å². The van der Waals surface area contributed by atoms with Gasteiger partial charge >= 0.3 is 0 Å². The monoisotopic (exact) mass is 68.0 g/mol. The van der Waals surface area contributed by atoms with E-state index in [0.717, 1.165) is 12.8 Å². The lowest BCUT2D eigenvalue weighted by Crippen LogP contribution is -2.02. The van der Waals surface area contributed by atoms with E-state index in [-0.39, 0.29) is 0 Å². The third kappa shape index (κ3) is 0.654. The Balaban J connectivity index is 2.38. The maximum absolute atomic E-state index is 8.41. The van der Waals surface area contributed by atoms with Crippen LogP contribution < -0.4 is 0 Å². The molecule has 0 aliphatic heterocycles. The molecule has 0 amide bonds. The van der Waals surface area contributed by atoms with E-state index in [9.17, 15) is 0 Å². The maximum atomic E-state index is 8.41. The second-order valence-corrected chi connectivity index (χ2v) is 1.60. The van der Waals surface area contributed by atoms with E-state index in [2.05, 4.69) is 0 Å². The minimum atomic E-state index is -0.750. The highest BCUT2D eigenvalue weighted by Gasteiger charge is 2.32. The molecule has 0 aromatic heterocycles. The summed E-state index contributed by atoms with van der Waals surface area (Å²) in [4.78, 5) is 0. The molecule has 2 heteroatoms. The molecule has 1 fully saturated rings. The summed E-state index contributed by atoms with van der Waals surface area (Å²) < 4.78 is 0. The van der Waals surface area contributed by atoms with Gasteiger partial charge in [0.15, 0.2) is 0 Å². The average Bonchev–Trinajstić information content (AvgIpc) is 1.76. The van der Waals surface area contributed by atoms with E-state index >= 15 is 0 Å². The average molecular weight is 67.9 g/mol. The van der Waals surface area contributed by atoms with E-state index in [1.54, 1.807) is 0 Å². The van der Waals surface area contributed by atoms with Crippen molar-refractivity contribution in [2.24, 2.45) is 0 Å². The van der Waals surface area contributed by atoms with Crippen molar-refractivity contribution in [3.05, 3.63) is 0 Å². The molecule has 1 saturated carbocycles. The highest BCUT2D eigenvalue weighted by atomic mass is 16.3. The SMILES string of the molecule is [B]C1(O)CC1. The molecule has 0 aromatic carbocycles. The zero-order chi connectivity index (χ0) is 3.91. The van der Waals surface area contributed by atoms with Crippen LogP contribution in [0.15, 0.2) is 0 Å². The zero-order valence-corrected chi connectivity index (χ0v) is 2.94. The van der Waals surface area contributed by atoms with Crippen LogP contribution in [0.4, 0.5) is 0 Å². The Labute approximate surface area is 32.4 Å². The number of hydrogen-bond donors (Lipinski definition) is 1. The molecular formula is C3H5BO. The first-order chi connectivity index (χ1) is 2.21. The van der Waals surface area contributed by atoms with Crippen LogP contribution in [-0.2, 0) is 0 Å². The van der Waals surface area contributed by atoms with Crippen LogP contribution in [-0.4, -0.2) is 18.5 Å². The molecule has 0 heterocycles. The molecule has 0 atom stereocenters. The van der Waals surface area contributed by atoms with Crippen LogP contribution in [0.1, 0.15) is 12.8 Å². The van der Waals surface area contributed by atoms with Crippen molar-refractivity contribution in [2.75, 3.05) is 0 Å². The Morgan fingerprint density at radius 2 is 1.80 bits per heavy atom. The van der Waals surface area contributed by atoms with Crippen LogP contribution in [0.3, 0.4) is 0 Å². The summed E-state index contributed by atoms with van der Waals surface area (Å²) in [5, 5.41) is 8.41. The fraction of sp³-hybridized carbons (Fsp3) is 1.00. The van der Waals surface area contributed by atoms with Gasteiger partial charge in [0.2, 0.25) is 0 Å². The molecule has 0 unspecified atom stereocenters. The summed E-state index contributed by atoms with van der Waals surface area (Å²) in [6, 6.07) is 0. The fourth-order valence-corrected chi connectivity index (χ4v) is 0.128. The third-order valence-corrected chi connectivity index (χ3v) is 0.762.